The molecule has 168 valence electrons. The number of ether oxygens (including phenoxy) is 2. The molecule has 7 nitrogen and oxygen atoms in total. The second kappa shape index (κ2) is 12.2. The average Bonchev–Trinajstić information content (AvgIpc) is 3.01. The lowest BCUT2D eigenvalue weighted by atomic mass is 10.1. The van der Waals surface area contributed by atoms with Crippen LogP contribution in [0, 0.1) is 0 Å². The van der Waals surface area contributed by atoms with Gasteiger partial charge < -0.3 is 25.0 Å². The quantitative estimate of drug-likeness (QED) is 0.604. The fourth-order valence-corrected chi connectivity index (χ4v) is 3.25. The van der Waals surface area contributed by atoms with E-state index in [1.165, 1.54) is 0 Å². The number of aromatic nitrogens is 1. The highest BCUT2D eigenvalue weighted by Crippen LogP contribution is 2.32. The molecule has 2 aromatic rings. The molecule has 0 bridgehead atoms. The molecule has 8 heteroatoms. The fraction of sp³-hybridized carbons (Fsp3) is 0.391. The highest BCUT2D eigenvalue weighted by Gasteiger charge is 2.14. The lowest BCUT2D eigenvalue weighted by Crippen LogP contribution is -2.24. The van der Waals surface area contributed by atoms with Crippen LogP contribution in [0.3, 0.4) is 0 Å². The Labute approximate surface area is 190 Å². The number of rotatable bonds is 8. The van der Waals surface area contributed by atoms with Crippen molar-refractivity contribution in [1.29, 1.82) is 0 Å². The lowest BCUT2D eigenvalue weighted by molar-refractivity contribution is -0.125. The summed E-state index contributed by atoms with van der Waals surface area (Å²) in [7, 11) is 3.40. The normalized spacial score (nSPS) is 12.9. The molecule has 1 amide bonds. The van der Waals surface area contributed by atoms with Crippen LogP contribution in [-0.2, 0) is 17.9 Å². The van der Waals surface area contributed by atoms with Crippen molar-refractivity contribution >= 4 is 30.2 Å². The van der Waals surface area contributed by atoms with E-state index in [-0.39, 0.29) is 18.3 Å². The van der Waals surface area contributed by atoms with E-state index in [2.05, 4.69) is 28.6 Å². The summed E-state index contributed by atoms with van der Waals surface area (Å²) in [4.78, 5) is 18.8. The number of likely N-dealkylation sites (N-methyl/N-ethyl adjacent to an activating group) is 1. The van der Waals surface area contributed by atoms with Crippen molar-refractivity contribution in [2.75, 3.05) is 39.2 Å². The van der Waals surface area contributed by atoms with Gasteiger partial charge in [-0.3, -0.25) is 4.79 Å². The summed E-state index contributed by atoms with van der Waals surface area (Å²) in [5.74, 6) is 2.18. The van der Waals surface area contributed by atoms with Crippen LogP contribution in [0.5, 0.6) is 11.5 Å². The standard InChI is InChI=1S/C23H30N4O3.ClH/c1-4-12-30-22-18(6-5-7-20(22)29-3)16-27(2)21(28)9-8-17-13-19-15-24-10-11-25-23(19)26-14-17;/h5-9,13-14,24H,4,10-12,15-16H2,1-3H3,(H,25,26);1H/b9-8+;. The molecule has 0 aliphatic carbocycles. The van der Waals surface area contributed by atoms with Crippen LogP contribution in [-0.4, -0.2) is 49.6 Å². The summed E-state index contributed by atoms with van der Waals surface area (Å²) in [5.41, 5.74) is 2.91. The lowest BCUT2D eigenvalue weighted by Gasteiger charge is -2.19. The Morgan fingerprint density at radius 1 is 1.32 bits per heavy atom. The molecule has 0 saturated carbocycles. The number of para-hydroxylation sites is 1. The number of methoxy groups -OCH3 is 1. The van der Waals surface area contributed by atoms with E-state index in [0.29, 0.717) is 24.7 Å². The first kappa shape index (κ1) is 24.5. The van der Waals surface area contributed by atoms with Gasteiger partial charge in [0.15, 0.2) is 11.5 Å². The molecular weight excluding hydrogens is 416 g/mol. The van der Waals surface area contributed by atoms with Crippen molar-refractivity contribution in [3.05, 3.63) is 53.2 Å². The number of pyridine rings is 1. The van der Waals surface area contributed by atoms with Gasteiger partial charge in [-0.15, -0.1) is 12.4 Å². The summed E-state index contributed by atoms with van der Waals surface area (Å²) in [6, 6.07) is 7.78. The number of benzene rings is 1. The third kappa shape index (κ3) is 6.60. The van der Waals surface area contributed by atoms with Gasteiger partial charge in [0, 0.05) is 56.6 Å². The number of carbonyl (C=O) groups is 1. The molecule has 1 aromatic heterocycles. The Bertz CT molecular complexity index is 904. The van der Waals surface area contributed by atoms with Gasteiger partial charge in [0.2, 0.25) is 5.91 Å². The van der Waals surface area contributed by atoms with Gasteiger partial charge in [0.05, 0.1) is 13.7 Å². The third-order valence-electron chi connectivity index (χ3n) is 4.83. The highest BCUT2D eigenvalue weighted by molar-refractivity contribution is 5.91. The number of hydrogen-bond donors (Lipinski definition) is 2. The molecule has 0 fully saturated rings. The van der Waals surface area contributed by atoms with Crippen LogP contribution in [0.25, 0.3) is 6.08 Å². The van der Waals surface area contributed by atoms with Gasteiger partial charge in [0.25, 0.3) is 0 Å². The van der Waals surface area contributed by atoms with E-state index < -0.39 is 0 Å². The fourth-order valence-electron chi connectivity index (χ4n) is 3.25. The molecule has 0 saturated heterocycles. The summed E-state index contributed by atoms with van der Waals surface area (Å²) in [6.45, 7) is 5.60. The maximum atomic E-state index is 12.7. The van der Waals surface area contributed by atoms with E-state index in [1.807, 2.05) is 18.2 Å². The number of nitrogens with zero attached hydrogens (tertiary/aromatic N) is 2. The molecule has 31 heavy (non-hydrogen) atoms. The number of fused-ring (bicyclic) bond motifs is 1. The van der Waals surface area contributed by atoms with Gasteiger partial charge in [-0.2, -0.15) is 0 Å². The number of hydrogen-bond acceptors (Lipinski definition) is 6. The van der Waals surface area contributed by atoms with E-state index in [0.717, 1.165) is 48.6 Å². The van der Waals surface area contributed by atoms with Crippen molar-refractivity contribution in [2.24, 2.45) is 0 Å². The third-order valence-corrected chi connectivity index (χ3v) is 4.83. The Morgan fingerprint density at radius 2 is 2.16 bits per heavy atom. The molecule has 0 atom stereocenters. The first-order valence-corrected chi connectivity index (χ1v) is 10.3. The minimum Gasteiger partial charge on any atom is -0.493 e. The molecule has 0 unspecified atom stereocenters. The molecular formula is C23H31ClN4O3. The topological polar surface area (TPSA) is 75.7 Å². The van der Waals surface area contributed by atoms with Gasteiger partial charge in [-0.1, -0.05) is 19.1 Å². The van der Waals surface area contributed by atoms with Crippen LogP contribution < -0.4 is 20.1 Å². The molecule has 3 rings (SSSR count). The zero-order valence-corrected chi connectivity index (χ0v) is 19.1. The molecule has 1 aliphatic rings. The van der Waals surface area contributed by atoms with Crippen LogP contribution in [0.4, 0.5) is 5.82 Å². The molecule has 2 heterocycles. The van der Waals surface area contributed by atoms with Crippen molar-refractivity contribution in [2.45, 2.75) is 26.4 Å². The van der Waals surface area contributed by atoms with E-state index >= 15 is 0 Å². The van der Waals surface area contributed by atoms with Crippen LogP contribution in [0.1, 0.15) is 30.0 Å². The van der Waals surface area contributed by atoms with Crippen molar-refractivity contribution < 1.29 is 14.3 Å². The van der Waals surface area contributed by atoms with E-state index in [4.69, 9.17) is 9.47 Å². The first-order valence-electron chi connectivity index (χ1n) is 10.3. The van der Waals surface area contributed by atoms with Crippen molar-refractivity contribution in [1.82, 2.24) is 15.2 Å². The molecule has 0 spiro atoms. The van der Waals surface area contributed by atoms with Gasteiger partial charge in [-0.25, -0.2) is 4.98 Å². The summed E-state index contributed by atoms with van der Waals surface area (Å²) < 4.78 is 11.3. The largest absolute Gasteiger partial charge is 0.493 e. The Morgan fingerprint density at radius 3 is 2.94 bits per heavy atom. The van der Waals surface area contributed by atoms with Gasteiger partial charge >= 0.3 is 0 Å². The zero-order valence-electron chi connectivity index (χ0n) is 18.3. The van der Waals surface area contributed by atoms with E-state index in [9.17, 15) is 4.79 Å². The van der Waals surface area contributed by atoms with Crippen LogP contribution >= 0.6 is 12.4 Å². The minimum atomic E-state index is -0.0922. The monoisotopic (exact) mass is 446 g/mol. The average molecular weight is 447 g/mol. The van der Waals surface area contributed by atoms with Gasteiger partial charge in [-0.05, 0) is 30.2 Å². The Balaban J connectivity index is 0.00000341. The second-order valence-electron chi connectivity index (χ2n) is 7.20. The number of halogens is 1. The van der Waals surface area contributed by atoms with Crippen molar-refractivity contribution in [3.8, 4) is 11.5 Å². The maximum Gasteiger partial charge on any atom is 0.246 e. The van der Waals surface area contributed by atoms with Crippen molar-refractivity contribution in [3.63, 3.8) is 0 Å². The maximum absolute atomic E-state index is 12.7. The summed E-state index contributed by atoms with van der Waals surface area (Å²) >= 11 is 0. The molecule has 1 aliphatic heterocycles. The SMILES string of the molecule is CCCOc1c(CN(C)C(=O)/C=C/c2cnc3c(c2)CNCCN3)cccc1OC.Cl. The van der Waals surface area contributed by atoms with Crippen LogP contribution in [0.15, 0.2) is 36.5 Å². The number of nitrogens with one attached hydrogen (secondary N) is 2. The Kier molecular flexibility index (Phi) is 9.62. The van der Waals surface area contributed by atoms with Crippen LogP contribution in [0.2, 0.25) is 0 Å². The number of amides is 1. The molecule has 1 aromatic carbocycles. The summed E-state index contributed by atoms with van der Waals surface area (Å²) in [6.07, 6.45) is 6.05. The van der Waals surface area contributed by atoms with Gasteiger partial charge in [0.1, 0.15) is 5.82 Å². The smallest absolute Gasteiger partial charge is 0.246 e. The molecule has 2 N–H and O–H groups in total. The highest BCUT2D eigenvalue weighted by atomic mass is 35.5. The molecule has 0 radical (unpaired) electrons. The minimum absolute atomic E-state index is 0. The Hall–Kier alpha value is -2.77. The predicted molar refractivity (Wildman–Crippen MR) is 126 cm³/mol. The summed E-state index contributed by atoms with van der Waals surface area (Å²) in [5, 5.41) is 6.64. The first-order chi connectivity index (χ1) is 14.6. The number of anilines is 1. The second-order valence-corrected chi connectivity index (χ2v) is 7.20. The predicted octanol–water partition coefficient (Wildman–Crippen LogP) is 3.49. The zero-order chi connectivity index (χ0) is 21.3. The van der Waals surface area contributed by atoms with E-state index in [1.54, 1.807) is 37.4 Å². The number of carbonyl (C=O) groups excluding carboxylic acids is 1.